The molecule has 0 spiro atoms. The summed E-state index contributed by atoms with van der Waals surface area (Å²) in [6, 6.07) is 6.47. The van der Waals surface area contributed by atoms with Crippen LogP contribution < -0.4 is 10.1 Å². The van der Waals surface area contributed by atoms with Gasteiger partial charge in [-0.25, -0.2) is 0 Å². The second-order valence-corrected chi connectivity index (χ2v) is 10.7. The average Bonchev–Trinajstić information content (AvgIpc) is 3.09. The van der Waals surface area contributed by atoms with E-state index in [1.165, 1.54) is 36.8 Å². The summed E-state index contributed by atoms with van der Waals surface area (Å²) in [5.74, 6) is 8.47. The molecule has 0 saturated heterocycles. The maximum atomic E-state index is 5.90. The summed E-state index contributed by atoms with van der Waals surface area (Å²) in [5.41, 5.74) is 4.91. The molecule has 0 aliphatic heterocycles. The van der Waals surface area contributed by atoms with Gasteiger partial charge in [0, 0.05) is 6.54 Å². The van der Waals surface area contributed by atoms with Crippen molar-refractivity contribution in [3.63, 3.8) is 0 Å². The fraction of sp³-hybridized carbons (Fsp3) is 0.680. The molecule has 0 amide bonds. The number of hydrogen-bond acceptors (Lipinski definition) is 7. The number of allylic oxidation sites excluding steroid dienone is 1. The Hall–Kier alpha value is -1.09. The smallest absolute Gasteiger partial charge is 0.260 e. The Bertz CT molecular complexity index is 817. The first-order valence-corrected chi connectivity index (χ1v) is 12.5. The number of likely N-dealkylation sites (N-methyl/N-ethyl adjacent to an activating group) is 1. The summed E-state index contributed by atoms with van der Waals surface area (Å²) in [6.45, 7) is 7.50. The van der Waals surface area contributed by atoms with E-state index >= 15 is 0 Å². The minimum atomic E-state index is 0.330. The van der Waals surface area contributed by atoms with Crippen LogP contribution in [-0.2, 0) is 20.5 Å². The normalized spacial score (nSPS) is 32.6. The minimum absolute atomic E-state index is 0.330. The van der Waals surface area contributed by atoms with Gasteiger partial charge in [0.2, 0.25) is 0 Å². The van der Waals surface area contributed by atoms with Gasteiger partial charge in [0.25, 0.3) is 12.3 Å². The van der Waals surface area contributed by atoms with Crippen molar-refractivity contribution in [1.29, 1.82) is 0 Å². The molecule has 5 atom stereocenters. The highest BCUT2D eigenvalue weighted by Crippen LogP contribution is 2.63. The minimum Gasteiger partial charge on any atom is -0.399 e. The third kappa shape index (κ3) is 4.88. The van der Waals surface area contributed by atoms with Gasteiger partial charge >= 0.3 is 0 Å². The lowest BCUT2D eigenvalue weighted by atomic mass is 9.52. The fourth-order valence-electron chi connectivity index (χ4n) is 6.75. The number of rotatable bonds is 9. The van der Waals surface area contributed by atoms with Gasteiger partial charge in [-0.15, -0.1) is 9.32 Å². The predicted octanol–water partition coefficient (Wildman–Crippen LogP) is 5.06. The van der Waals surface area contributed by atoms with Gasteiger partial charge in [0.1, 0.15) is 5.75 Å². The number of hydrogen-bond donors (Lipinski definition) is 1. The summed E-state index contributed by atoms with van der Waals surface area (Å²) in [4.78, 5) is 6.26. The van der Waals surface area contributed by atoms with Crippen molar-refractivity contribution in [2.45, 2.75) is 51.9 Å². The monoisotopic (exact) mass is 462 g/mol. The number of nitrogens with zero attached hydrogens (tertiary/aromatic N) is 1. The fourth-order valence-corrected chi connectivity index (χ4v) is 6.99. The lowest BCUT2D eigenvalue weighted by molar-refractivity contribution is -0.199. The Kier molecular flexibility index (Phi) is 7.85. The first-order chi connectivity index (χ1) is 15.4. The second-order valence-electron chi connectivity index (χ2n) is 10.3. The average molecular weight is 463 g/mol. The first kappa shape index (κ1) is 24.0. The Morgan fingerprint density at radius 3 is 2.91 bits per heavy atom. The van der Waals surface area contributed by atoms with E-state index in [2.05, 4.69) is 60.4 Å². The van der Waals surface area contributed by atoms with Crippen LogP contribution in [0.3, 0.4) is 0 Å². The molecule has 32 heavy (non-hydrogen) atoms. The summed E-state index contributed by atoms with van der Waals surface area (Å²) in [6.07, 6.45) is 8.58. The van der Waals surface area contributed by atoms with Gasteiger partial charge < -0.3 is 13.8 Å². The van der Waals surface area contributed by atoms with Crippen molar-refractivity contribution in [2.24, 2.45) is 29.1 Å². The Morgan fingerprint density at radius 2 is 2.12 bits per heavy atom. The number of nitrogens with two attached hydrogens (primary N) is 1. The molecule has 0 bridgehead atoms. The molecule has 1 aromatic rings. The molecular weight excluding hydrogens is 424 g/mol. The molecule has 2 fully saturated rings. The number of fused-ring (bicyclic) bond motifs is 5. The van der Waals surface area contributed by atoms with Crippen molar-refractivity contribution in [1.82, 2.24) is 4.90 Å². The van der Waals surface area contributed by atoms with Gasteiger partial charge in [-0.05, 0) is 98.5 Å². The molecule has 178 valence electrons. The van der Waals surface area contributed by atoms with Crippen LogP contribution in [-0.4, -0.2) is 38.8 Å². The van der Waals surface area contributed by atoms with E-state index in [0.29, 0.717) is 17.3 Å². The molecule has 0 radical (unpaired) electrons. The molecule has 0 aromatic heterocycles. The predicted molar refractivity (Wildman–Crippen MR) is 128 cm³/mol. The molecule has 3 aliphatic rings. The van der Waals surface area contributed by atoms with Crippen LogP contribution >= 0.6 is 12.3 Å². The highest BCUT2D eigenvalue weighted by Gasteiger charge is 2.54. The molecule has 3 aliphatic carbocycles. The summed E-state index contributed by atoms with van der Waals surface area (Å²) in [7, 11) is 4.18. The lowest BCUT2D eigenvalue weighted by Crippen LogP contribution is -2.43. The van der Waals surface area contributed by atoms with Gasteiger partial charge in [0.05, 0.1) is 13.2 Å². The molecule has 0 heterocycles. The maximum Gasteiger partial charge on any atom is 0.260 e. The standard InChI is InChI=1S/C25H38N2O4S/c1-17-15-18-16-20(29-32-31-30-26)6-7-21(18)22-9-11-25(2)19(5-8-23(25)24(17)22)10-13-28-14-12-27(3)4/h6-7,10,16-17,22-24H,5,8-9,11-15,26H2,1-4H3/t17-,22?,23?,24?,25?/m1/s1. The molecule has 4 rings (SSSR count). The Labute approximate surface area is 197 Å². The zero-order valence-electron chi connectivity index (χ0n) is 19.8. The van der Waals surface area contributed by atoms with E-state index in [-0.39, 0.29) is 0 Å². The first-order valence-electron chi connectivity index (χ1n) is 11.9. The van der Waals surface area contributed by atoms with Crippen LogP contribution in [0.5, 0.6) is 5.75 Å². The quantitative estimate of drug-likeness (QED) is 0.181. The zero-order valence-corrected chi connectivity index (χ0v) is 20.7. The third-order valence-electron chi connectivity index (χ3n) is 8.22. The molecule has 2 N–H and O–H groups in total. The highest BCUT2D eigenvalue weighted by molar-refractivity contribution is 7.90. The zero-order chi connectivity index (χ0) is 22.7. The maximum absolute atomic E-state index is 5.90. The summed E-state index contributed by atoms with van der Waals surface area (Å²) < 4.78 is 16.0. The van der Waals surface area contributed by atoms with E-state index in [1.807, 2.05) is 6.07 Å². The van der Waals surface area contributed by atoms with Gasteiger partial charge in [0.15, 0.2) is 0 Å². The van der Waals surface area contributed by atoms with Crippen molar-refractivity contribution in [2.75, 3.05) is 33.9 Å². The van der Waals surface area contributed by atoms with Crippen LogP contribution in [0.1, 0.15) is 56.6 Å². The topological polar surface area (TPSA) is 66.2 Å². The third-order valence-corrected chi connectivity index (χ3v) is 8.62. The van der Waals surface area contributed by atoms with Gasteiger partial charge in [-0.3, -0.25) is 0 Å². The van der Waals surface area contributed by atoms with E-state index in [0.717, 1.165) is 56.1 Å². The van der Waals surface area contributed by atoms with E-state index in [1.54, 1.807) is 5.57 Å². The largest absolute Gasteiger partial charge is 0.399 e. The summed E-state index contributed by atoms with van der Waals surface area (Å²) >= 11 is 0.737. The molecule has 2 saturated carbocycles. The molecule has 1 aromatic carbocycles. The number of ether oxygens (including phenoxy) is 1. The van der Waals surface area contributed by atoms with E-state index in [4.69, 9.17) is 14.8 Å². The van der Waals surface area contributed by atoms with Crippen LogP contribution in [0.4, 0.5) is 0 Å². The molecule has 7 heteroatoms. The van der Waals surface area contributed by atoms with Crippen molar-refractivity contribution < 1.29 is 18.2 Å². The highest BCUT2D eigenvalue weighted by atomic mass is 32.2. The molecular formula is C25H38N2O4S. The van der Waals surface area contributed by atoms with Gasteiger partial charge in [-0.2, -0.15) is 5.90 Å². The van der Waals surface area contributed by atoms with E-state index < -0.39 is 0 Å². The van der Waals surface area contributed by atoms with E-state index in [9.17, 15) is 0 Å². The SMILES string of the molecule is C[C@@H]1Cc2cc(OSOON)ccc2C2CCC3(C)C(=CCOCCN(C)C)CCC3C21. The Balaban J connectivity index is 1.46. The Morgan fingerprint density at radius 1 is 1.28 bits per heavy atom. The molecule has 4 unspecified atom stereocenters. The van der Waals surface area contributed by atoms with Crippen molar-refractivity contribution in [3.05, 3.63) is 41.0 Å². The van der Waals surface area contributed by atoms with Crippen molar-refractivity contribution in [3.8, 4) is 5.75 Å². The van der Waals surface area contributed by atoms with Crippen LogP contribution in [0.25, 0.3) is 0 Å². The van der Waals surface area contributed by atoms with Crippen LogP contribution in [0.2, 0.25) is 0 Å². The molecule has 6 nitrogen and oxygen atoms in total. The second kappa shape index (κ2) is 10.5. The lowest BCUT2D eigenvalue weighted by Gasteiger charge is -2.52. The van der Waals surface area contributed by atoms with Gasteiger partial charge in [-0.1, -0.05) is 31.6 Å². The van der Waals surface area contributed by atoms with Crippen LogP contribution in [0, 0.1) is 23.2 Å². The summed E-state index contributed by atoms with van der Waals surface area (Å²) in [5, 5.41) is 0. The number of benzene rings is 1. The van der Waals surface area contributed by atoms with Crippen LogP contribution in [0.15, 0.2) is 29.8 Å². The van der Waals surface area contributed by atoms with Crippen molar-refractivity contribution >= 4 is 12.3 Å².